The van der Waals surface area contributed by atoms with Crippen molar-refractivity contribution in [1.29, 1.82) is 5.26 Å². The Hall–Kier alpha value is -1.17. The zero-order valence-corrected chi connectivity index (χ0v) is 12.3. The topological polar surface area (TPSA) is 91.2 Å². The standard InChI is InChI=1S/C12H14ClN3O3S/c1-19-11-7-15-6-10(11)16-20(17,18)12-3-2-8(5-14)4-9(12)13/h2-4,10-11,15-16H,6-7H2,1H3/t10?,11-/m0/s1. The maximum Gasteiger partial charge on any atom is 0.242 e. The summed E-state index contributed by atoms with van der Waals surface area (Å²) in [6.45, 7) is 1.08. The van der Waals surface area contributed by atoms with Crippen LogP contribution >= 0.6 is 11.6 Å². The minimum atomic E-state index is -3.75. The number of nitrogens with one attached hydrogen (secondary N) is 2. The molecule has 1 aromatic carbocycles. The first-order valence-corrected chi connectivity index (χ1v) is 7.79. The Bertz CT molecular complexity index is 642. The zero-order valence-electron chi connectivity index (χ0n) is 10.8. The summed E-state index contributed by atoms with van der Waals surface area (Å²) >= 11 is 5.93. The molecule has 1 aliphatic heterocycles. The summed E-state index contributed by atoms with van der Waals surface area (Å²) in [6.07, 6.45) is -0.220. The first-order valence-electron chi connectivity index (χ1n) is 5.93. The minimum Gasteiger partial charge on any atom is -0.378 e. The Labute approximate surface area is 122 Å². The van der Waals surface area contributed by atoms with Gasteiger partial charge in [-0.05, 0) is 18.2 Å². The van der Waals surface area contributed by atoms with E-state index in [-0.39, 0.29) is 22.1 Å². The predicted molar refractivity (Wildman–Crippen MR) is 73.9 cm³/mol. The quantitative estimate of drug-likeness (QED) is 0.843. The highest BCUT2D eigenvalue weighted by Crippen LogP contribution is 2.23. The second-order valence-corrected chi connectivity index (χ2v) is 6.51. The summed E-state index contributed by atoms with van der Waals surface area (Å²) in [6, 6.07) is 5.63. The molecule has 0 bridgehead atoms. The number of hydrogen-bond donors (Lipinski definition) is 2. The fourth-order valence-electron chi connectivity index (χ4n) is 2.07. The molecule has 2 rings (SSSR count). The van der Waals surface area contributed by atoms with Crippen LogP contribution in [-0.4, -0.2) is 40.8 Å². The lowest BCUT2D eigenvalue weighted by atomic mass is 10.2. The third-order valence-corrected chi connectivity index (χ3v) is 5.09. The molecule has 1 aliphatic rings. The predicted octanol–water partition coefficient (Wildman–Crippen LogP) is 0.477. The van der Waals surface area contributed by atoms with E-state index >= 15 is 0 Å². The Balaban J connectivity index is 2.25. The third kappa shape index (κ3) is 3.11. The van der Waals surface area contributed by atoms with E-state index < -0.39 is 10.0 Å². The first kappa shape index (κ1) is 15.2. The van der Waals surface area contributed by atoms with Gasteiger partial charge in [-0.3, -0.25) is 0 Å². The maximum absolute atomic E-state index is 12.3. The highest BCUT2D eigenvalue weighted by Gasteiger charge is 2.31. The Morgan fingerprint density at radius 3 is 2.85 bits per heavy atom. The lowest BCUT2D eigenvalue weighted by Gasteiger charge is -2.19. The molecule has 6 nitrogen and oxygen atoms in total. The van der Waals surface area contributed by atoms with Gasteiger partial charge in [0.05, 0.1) is 28.8 Å². The fourth-order valence-corrected chi connectivity index (χ4v) is 3.88. The van der Waals surface area contributed by atoms with E-state index in [2.05, 4.69) is 10.0 Å². The number of methoxy groups -OCH3 is 1. The maximum atomic E-state index is 12.3. The van der Waals surface area contributed by atoms with E-state index in [9.17, 15) is 8.42 Å². The summed E-state index contributed by atoms with van der Waals surface area (Å²) < 4.78 is 32.4. The van der Waals surface area contributed by atoms with Crippen molar-refractivity contribution in [3.05, 3.63) is 28.8 Å². The van der Waals surface area contributed by atoms with Crippen molar-refractivity contribution in [2.45, 2.75) is 17.0 Å². The molecule has 2 N–H and O–H groups in total. The Morgan fingerprint density at radius 2 is 2.25 bits per heavy atom. The summed E-state index contributed by atoms with van der Waals surface area (Å²) in [5.41, 5.74) is 0.311. The Kier molecular flexibility index (Phi) is 4.62. The van der Waals surface area contributed by atoms with Crippen molar-refractivity contribution in [2.24, 2.45) is 0 Å². The van der Waals surface area contributed by atoms with Crippen LogP contribution in [-0.2, 0) is 14.8 Å². The van der Waals surface area contributed by atoms with Gasteiger partial charge in [0.25, 0.3) is 0 Å². The largest absolute Gasteiger partial charge is 0.378 e. The van der Waals surface area contributed by atoms with Crippen LogP contribution in [0.25, 0.3) is 0 Å². The third-order valence-electron chi connectivity index (χ3n) is 3.12. The van der Waals surface area contributed by atoms with E-state index in [1.165, 1.54) is 25.3 Å². The van der Waals surface area contributed by atoms with Crippen molar-refractivity contribution >= 4 is 21.6 Å². The van der Waals surface area contributed by atoms with Gasteiger partial charge in [-0.25, -0.2) is 13.1 Å². The van der Waals surface area contributed by atoms with Gasteiger partial charge in [0.15, 0.2) is 0 Å². The molecule has 0 radical (unpaired) electrons. The van der Waals surface area contributed by atoms with E-state index in [4.69, 9.17) is 21.6 Å². The highest BCUT2D eigenvalue weighted by molar-refractivity contribution is 7.89. The van der Waals surface area contributed by atoms with Gasteiger partial charge in [-0.1, -0.05) is 11.6 Å². The molecule has 0 amide bonds. The minimum absolute atomic E-state index is 0.0245. The molecule has 1 saturated heterocycles. The van der Waals surface area contributed by atoms with Gasteiger partial charge < -0.3 is 10.1 Å². The molecule has 108 valence electrons. The fraction of sp³-hybridized carbons (Fsp3) is 0.417. The average molecular weight is 316 g/mol. The number of halogens is 1. The second kappa shape index (κ2) is 6.08. The summed E-state index contributed by atoms with van der Waals surface area (Å²) in [5.74, 6) is 0. The number of nitriles is 1. The van der Waals surface area contributed by atoms with Crippen LogP contribution in [0.1, 0.15) is 5.56 Å². The molecule has 2 atom stereocenters. The molecule has 1 aromatic rings. The summed E-state index contributed by atoms with van der Waals surface area (Å²) in [5, 5.41) is 11.8. The number of rotatable bonds is 4. The molecule has 1 unspecified atom stereocenters. The van der Waals surface area contributed by atoms with Gasteiger partial charge in [-0.15, -0.1) is 0 Å². The van der Waals surface area contributed by atoms with E-state index in [0.717, 1.165) is 0 Å². The monoisotopic (exact) mass is 315 g/mol. The van der Waals surface area contributed by atoms with E-state index in [0.29, 0.717) is 18.7 Å². The van der Waals surface area contributed by atoms with Crippen molar-refractivity contribution < 1.29 is 13.2 Å². The van der Waals surface area contributed by atoms with Crippen LogP contribution in [0.2, 0.25) is 5.02 Å². The number of nitrogens with zero attached hydrogens (tertiary/aromatic N) is 1. The summed E-state index contributed by atoms with van der Waals surface area (Å²) in [7, 11) is -2.22. The van der Waals surface area contributed by atoms with Gasteiger partial charge >= 0.3 is 0 Å². The zero-order chi connectivity index (χ0) is 14.8. The van der Waals surface area contributed by atoms with Crippen LogP contribution in [0.15, 0.2) is 23.1 Å². The molecule has 0 aliphatic carbocycles. The number of ether oxygens (including phenoxy) is 1. The second-order valence-electron chi connectivity index (χ2n) is 4.42. The van der Waals surface area contributed by atoms with Gasteiger partial charge in [-0.2, -0.15) is 5.26 Å². The first-order chi connectivity index (χ1) is 9.47. The molecular formula is C12H14ClN3O3S. The van der Waals surface area contributed by atoms with Crippen molar-refractivity contribution in [1.82, 2.24) is 10.0 Å². The highest BCUT2D eigenvalue weighted by atomic mass is 35.5. The van der Waals surface area contributed by atoms with Crippen molar-refractivity contribution in [3.8, 4) is 6.07 Å². The smallest absolute Gasteiger partial charge is 0.242 e. The Morgan fingerprint density at radius 1 is 1.50 bits per heavy atom. The van der Waals surface area contributed by atoms with Crippen LogP contribution in [0.4, 0.5) is 0 Å². The number of sulfonamides is 1. The number of benzene rings is 1. The van der Waals surface area contributed by atoms with E-state index in [1.54, 1.807) is 0 Å². The molecule has 1 fully saturated rings. The summed E-state index contributed by atoms with van der Waals surface area (Å²) in [4.78, 5) is -0.0417. The molecule has 0 aromatic heterocycles. The van der Waals surface area contributed by atoms with Crippen LogP contribution < -0.4 is 10.0 Å². The van der Waals surface area contributed by atoms with Crippen molar-refractivity contribution in [3.63, 3.8) is 0 Å². The van der Waals surface area contributed by atoms with Crippen LogP contribution in [0.3, 0.4) is 0 Å². The number of hydrogen-bond acceptors (Lipinski definition) is 5. The SMILES string of the molecule is CO[C@H]1CNCC1NS(=O)(=O)c1ccc(C#N)cc1Cl. The molecule has 8 heteroatoms. The molecular weight excluding hydrogens is 302 g/mol. The average Bonchev–Trinajstić information content (AvgIpc) is 2.84. The van der Waals surface area contributed by atoms with Gasteiger partial charge in [0.2, 0.25) is 10.0 Å². The van der Waals surface area contributed by atoms with Crippen molar-refractivity contribution in [2.75, 3.05) is 20.2 Å². The van der Waals surface area contributed by atoms with Crippen LogP contribution in [0, 0.1) is 11.3 Å². The lowest BCUT2D eigenvalue weighted by molar-refractivity contribution is 0.103. The normalized spacial score (nSPS) is 22.6. The molecule has 20 heavy (non-hydrogen) atoms. The lowest BCUT2D eigenvalue weighted by Crippen LogP contribution is -2.43. The molecule has 0 saturated carbocycles. The van der Waals surface area contributed by atoms with Gasteiger partial charge in [0.1, 0.15) is 4.90 Å². The molecule has 0 spiro atoms. The van der Waals surface area contributed by atoms with Gasteiger partial charge in [0, 0.05) is 20.2 Å². The van der Waals surface area contributed by atoms with Crippen LogP contribution in [0.5, 0.6) is 0 Å². The van der Waals surface area contributed by atoms with E-state index in [1.807, 2.05) is 6.07 Å². The molecule has 1 heterocycles.